The quantitative estimate of drug-likeness (QED) is 0.886. The highest BCUT2D eigenvalue weighted by molar-refractivity contribution is 5.57. The molecule has 1 N–H and O–H groups in total. The minimum Gasteiger partial charge on any atom is -0.389 e. The van der Waals surface area contributed by atoms with Crippen molar-refractivity contribution in [2.24, 2.45) is 0 Å². The number of nitrogens with zero attached hydrogens (tertiary/aromatic N) is 1. The Balaban J connectivity index is 2.40. The maximum Gasteiger partial charge on any atom is 0.126 e. The molecule has 0 spiro atoms. The van der Waals surface area contributed by atoms with E-state index < -0.39 is 6.10 Å². The molecule has 2 atom stereocenters. The second-order valence-electron chi connectivity index (χ2n) is 5.97. The van der Waals surface area contributed by atoms with E-state index in [1.807, 2.05) is 6.07 Å². The molecule has 3 heteroatoms. The molecule has 1 saturated heterocycles. The molecular formula is C17H26FNO. The molecule has 0 saturated carbocycles. The van der Waals surface area contributed by atoms with E-state index in [-0.39, 0.29) is 5.82 Å². The lowest BCUT2D eigenvalue weighted by Gasteiger charge is -2.39. The first-order valence-electron chi connectivity index (χ1n) is 7.79. The number of aryl methyl sites for hydroxylation is 1. The molecule has 0 radical (unpaired) electrons. The molecule has 1 aliphatic heterocycles. The molecule has 1 fully saturated rings. The van der Waals surface area contributed by atoms with Crippen LogP contribution in [0.25, 0.3) is 0 Å². The molecule has 1 heterocycles. The van der Waals surface area contributed by atoms with Crippen molar-refractivity contribution in [2.45, 2.75) is 65.0 Å². The zero-order chi connectivity index (χ0) is 14.7. The number of hydrogen-bond acceptors (Lipinski definition) is 2. The third-order valence-electron chi connectivity index (χ3n) is 4.32. The van der Waals surface area contributed by atoms with Crippen molar-refractivity contribution in [3.05, 3.63) is 29.1 Å². The van der Waals surface area contributed by atoms with Gasteiger partial charge in [0.1, 0.15) is 5.82 Å². The Morgan fingerprint density at radius 1 is 1.40 bits per heavy atom. The van der Waals surface area contributed by atoms with Crippen LogP contribution in [0.4, 0.5) is 10.1 Å². The predicted molar refractivity (Wildman–Crippen MR) is 81.7 cm³/mol. The van der Waals surface area contributed by atoms with Gasteiger partial charge in [0.15, 0.2) is 0 Å². The maximum absolute atomic E-state index is 13.8. The van der Waals surface area contributed by atoms with Crippen molar-refractivity contribution >= 4 is 5.69 Å². The number of aliphatic hydroxyl groups excluding tert-OH is 1. The Morgan fingerprint density at radius 2 is 2.15 bits per heavy atom. The average molecular weight is 279 g/mol. The summed E-state index contributed by atoms with van der Waals surface area (Å²) in [5, 5.41) is 9.97. The summed E-state index contributed by atoms with van der Waals surface area (Å²) in [7, 11) is 0. The summed E-state index contributed by atoms with van der Waals surface area (Å²) in [6, 6.07) is 3.94. The lowest BCUT2D eigenvalue weighted by Crippen LogP contribution is -2.40. The van der Waals surface area contributed by atoms with Crippen molar-refractivity contribution in [1.82, 2.24) is 0 Å². The van der Waals surface area contributed by atoms with E-state index >= 15 is 0 Å². The molecule has 1 aromatic carbocycles. The second kappa shape index (κ2) is 6.57. The summed E-state index contributed by atoms with van der Waals surface area (Å²) in [5.74, 6) is -0.228. The zero-order valence-corrected chi connectivity index (χ0v) is 12.8. The minimum atomic E-state index is -0.635. The molecule has 0 bridgehead atoms. The average Bonchev–Trinajstić information content (AvgIpc) is 2.42. The van der Waals surface area contributed by atoms with Gasteiger partial charge in [-0.3, -0.25) is 0 Å². The van der Waals surface area contributed by atoms with E-state index in [1.165, 1.54) is 25.3 Å². The fraction of sp³-hybridized carbons (Fsp3) is 0.647. The number of piperidine rings is 1. The van der Waals surface area contributed by atoms with Gasteiger partial charge in [0, 0.05) is 23.8 Å². The molecular weight excluding hydrogens is 253 g/mol. The third-order valence-corrected chi connectivity index (χ3v) is 4.32. The largest absolute Gasteiger partial charge is 0.389 e. The number of aliphatic hydroxyl groups is 1. The van der Waals surface area contributed by atoms with E-state index in [1.54, 1.807) is 13.8 Å². The molecule has 1 aliphatic rings. The molecule has 0 aliphatic carbocycles. The predicted octanol–water partition coefficient (Wildman–Crippen LogP) is 4.35. The van der Waals surface area contributed by atoms with Gasteiger partial charge >= 0.3 is 0 Å². The van der Waals surface area contributed by atoms with Crippen molar-refractivity contribution in [1.29, 1.82) is 0 Å². The summed E-state index contributed by atoms with van der Waals surface area (Å²) < 4.78 is 13.8. The van der Waals surface area contributed by atoms with Crippen LogP contribution in [0.1, 0.15) is 63.2 Å². The number of anilines is 1. The minimum absolute atomic E-state index is 0.228. The van der Waals surface area contributed by atoms with E-state index in [4.69, 9.17) is 0 Å². The van der Waals surface area contributed by atoms with Crippen LogP contribution in [0, 0.1) is 12.7 Å². The Labute approximate surface area is 121 Å². The molecule has 112 valence electrons. The van der Waals surface area contributed by atoms with Crippen LogP contribution in [0.2, 0.25) is 0 Å². The first-order valence-corrected chi connectivity index (χ1v) is 7.79. The van der Waals surface area contributed by atoms with Crippen LogP contribution >= 0.6 is 0 Å². The molecule has 20 heavy (non-hydrogen) atoms. The lowest BCUT2D eigenvalue weighted by molar-refractivity contribution is 0.198. The summed E-state index contributed by atoms with van der Waals surface area (Å²) in [6.45, 7) is 6.73. The highest BCUT2D eigenvalue weighted by atomic mass is 19.1. The Morgan fingerprint density at radius 3 is 2.80 bits per heavy atom. The Hall–Kier alpha value is -1.09. The number of halogens is 1. The molecule has 0 aromatic heterocycles. The van der Waals surface area contributed by atoms with Gasteiger partial charge in [-0.25, -0.2) is 4.39 Å². The van der Waals surface area contributed by atoms with Crippen molar-refractivity contribution < 1.29 is 9.50 Å². The van der Waals surface area contributed by atoms with Gasteiger partial charge in [0.05, 0.1) is 6.10 Å². The fourth-order valence-electron chi connectivity index (χ4n) is 3.22. The van der Waals surface area contributed by atoms with E-state index in [0.29, 0.717) is 11.6 Å². The topological polar surface area (TPSA) is 23.5 Å². The lowest BCUT2D eigenvalue weighted by atomic mass is 9.95. The van der Waals surface area contributed by atoms with Crippen LogP contribution in [-0.2, 0) is 0 Å². The molecule has 2 nitrogen and oxygen atoms in total. The van der Waals surface area contributed by atoms with E-state index in [9.17, 15) is 9.50 Å². The maximum atomic E-state index is 13.8. The van der Waals surface area contributed by atoms with Gasteiger partial charge in [-0.2, -0.15) is 0 Å². The summed E-state index contributed by atoms with van der Waals surface area (Å²) in [5.41, 5.74) is 2.40. The third kappa shape index (κ3) is 3.14. The second-order valence-corrected chi connectivity index (χ2v) is 5.97. The SMILES string of the molecule is CCCC1CCCCN1c1cc(C)c(F)cc1[C@H](C)O. The first kappa shape index (κ1) is 15.3. The summed E-state index contributed by atoms with van der Waals surface area (Å²) in [6.07, 6.45) is 5.33. The number of hydrogen-bond donors (Lipinski definition) is 1. The zero-order valence-electron chi connectivity index (χ0n) is 12.8. The Bertz CT molecular complexity index is 457. The van der Waals surface area contributed by atoms with Crippen LogP contribution in [0.15, 0.2) is 12.1 Å². The van der Waals surface area contributed by atoms with Crippen molar-refractivity contribution in [3.8, 4) is 0 Å². The monoisotopic (exact) mass is 279 g/mol. The first-order chi connectivity index (χ1) is 9.54. The standard InChI is InChI=1S/C17H26FNO/c1-4-7-14-8-5-6-9-19(14)17-10-12(2)16(18)11-15(17)13(3)20/h10-11,13-14,20H,4-9H2,1-3H3/t13-,14?/m0/s1. The van der Waals surface area contributed by atoms with Crippen molar-refractivity contribution in [3.63, 3.8) is 0 Å². The highest BCUT2D eigenvalue weighted by Gasteiger charge is 2.25. The van der Waals surface area contributed by atoms with E-state index in [0.717, 1.165) is 30.6 Å². The molecule has 2 rings (SSSR count). The van der Waals surface area contributed by atoms with Gasteiger partial charge in [-0.05, 0) is 57.2 Å². The van der Waals surface area contributed by atoms with Gasteiger partial charge in [0.25, 0.3) is 0 Å². The van der Waals surface area contributed by atoms with Crippen LogP contribution in [0.5, 0.6) is 0 Å². The van der Waals surface area contributed by atoms with E-state index in [2.05, 4.69) is 11.8 Å². The van der Waals surface area contributed by atoms with Crippen LogP contribution in [0.3, 0.4) is 0 Å². The highest BCUT2D eigenvalue weighted by Crippen LogP contribution is 2.34. The van der Waals surface area contributed by atoms with Crippen LogP contribution in [-0.4, -0.2) is 17.7 Å². The van der Waals surface area contributed by atoms with Crippen LogP contribution < -0.4 is 4.90 Å². The summed E-state index contributed by atoms with van der Waals surface area (Å²) >= 11 is 0. The molecule has 1 aromatic rings. The number of rotatable bonds is 4. The molecule has 1 unspecified atom stereocenters. The smallest absolute Gasteiger partial charge is 0.126 e. The Kier molecular flexibility index (Phi) is 5.03. The van der Waals surface area contributed by atoms with Gasteiger partial charge in [-0.1, -0.05) is 13.3 Å². The molecule has 0 amide bonds. The fourth-order valence-corrected chi connectivity index (χ4v) is 3.22. The normalized spacial score (nSPS) is 21.1. The van der Waals surface area contributed by atoms with Gasteiger partial charge in [0.2, 0.25) is 0 Å². The van der Waals surface area contributed by atoms with Crippen molar-refractivity contribution in [2.75, 3.05) is 11.4 Å². The van der Waals surface area contributed by atoms with Gasteiger partial charge in [-0.15, -0.1) is 0 Å². The summed E-state index contributed by atoms with van der Waals surface area (Å²) in [4.78, 5) is 2.39. The van der Waals surface area contributed by atoms with Gasteiger partial charge < -0.3 is 10.0 Å². The number of benzene rings is 1.